The highest BCUT2D eigenvalue weighted by atomic mass is 16.2. The Morgan fingerprint density at radius 2 is 2.50 bits per heavy atom. The third kappa shape index (κ3) is 2.31. The van der Waals surface area contributed by atoms with Crippen LogP contribution in [0.2, 0.25) is 0 Å². The van der Waals surface area contributed by atoms with Gasteiger partial charge in [-0.15, -0.1) is 0 Å². The lowest BCUT2D eigenvalue weighted by atomic mass is 10.2. The summed E-state index contributed by atoms with van der Waals surface area (Å²) < 4.78 is 0. The Morgan fingerprint density at radius 3 is 3.07 bits per heavy atom. The van der Waals surface area contributed by atoms with Gasteiger partial charge in [-0.1, -0.05) is 0 Å². The fourth-order valence-corrected chi connectivity index (χ4v) is 1.34. The van der Waals surface area contributed by atoms with Crippen LogP contribution in [0.15, 0.2) is 6.33 Å². The van der Waals surface area contributed by atoms with Gasteiger partial charge in [0, 0.05) is 13.5 Å². The van der Waals surface area contributed by atoms with Crippen molar-refractivity contribution in [3.63, 3.8) is 0 Å². The molecule has 0 saturated heterocycles. The lowest BCUT2D eigenvalue weighted by molar-refractivity contribution is -0.130. The van der Waals surface area contributed by atoms with Crippen molar-refractivity contribution in [1.82, 2.24) is 20.1 Å². The Labute approximate surface area is 82.5 Å². The van der Waals surface area contributed by atoms with Crippen LogP contribution < -0.4 is 0 Å². The minimum Gasteiger partial charge on any atom is -0.338 e. The second kappa shape index (κ2) is 3.77. The minimum atomic E-state index is 0.198. The Hall–Kier alpha value is -1.39. The number of amides is 1. The van der Waals surface area contributed by atoms with Gasteiger partial charge in [0.1, 0.15) is 12.2 Å². The van der Waals surface area contributed by atoms with Crippen LogP contribution in [0.3, 0.4) is 0 Å². The molecule has 1 amide bonds. The summed E-state index contributed by atoms with van der Waals surface area (Å²) in [5.41, 5.74) is 0. The number of hydrogen-bond acceptors (Lipinski definition) is 3. The Morgan fingerprint density at radius 1 is 1.71 bits per heavy atom. The molecule has 76 valence electrons. The molecule has 1 aliphatic carbocycles. The van der Waals surface area contributed by atoms with Crippen LogP contribution in [0.5, 0.6) is 0 Å². The van der Waals surface area contributed by atoms with Crippen LogP contribution in [-0.4, -0.2) is 33.0 Å². The first kappa shape index (κ1) is 9.18. The molecule has 1 fully saturated rings. The average molecular weight is 194 g/mol. The fraction of sp³-hybridized carbons (Fsp3) is 0.667. The summed E-state index contributed by atoms with van der Waals surface area (Å²) in [6, 6.07) is 0. The maximum atomic E-state index is 11.6. The monoisotopic (exact) mass is 194 g/mol. The zero-order chi connectivity index (χ0) is 9.97. The Bertz CT molecular complexity index is 305. The zero-order valence-corrected chi connectivity index (χ0v) is 8.23. The van der Waals surface area contributed by atoms with E-state index in [2.05, 4.69) is 15.2 Å². The van der Waals surface area contributed by atoms with Crippen molar-refractivity contribution in [2.24, 2.45) is 5.92 Å². The van der Waals surface area contributed by atoms with Crippen LogP contribution in [0.1, 0.15) is 25.1 Å². The predicted molar refractivity (Wildman–Crippen MR) is 50.2 cm³/mol. The van der Waals surface area contributed by atoms with E-state index in [1.165, 1.54) is 19.2 Å². The molecule has 14 heavy (non-hydrogen) atoms. The maximum absolute atomic E-state index is 11.6. The molecule has 1 aromatic heterocycles. The van der Waals surface area contributed by atoms with Crippen molar-refractivity contribution in [3.05, 3.63) is 12.2 Å². The van der Waals surface area contributed by atoms with Crippen LogP contribution in [-0.2, 0) is 11.3 Å². The summed E-state index contributed by atoms with van der Waals surface area (Å²) in [6.07, 6.45) is 4.56. The molecule has 1 N–H and O–H groups in total. The van der Waals surface area contributed by atoms with E-state index < -0.39 is 0 Å². The number of aromatic nitrogens is 3. The molecule has 1 aromatic rings. The van der Waals surface area contributed by atoms with E-state index in [0.29, 0.717) is 18.9 Å². The summed E-state index contributed by atoms with van der Waals surface area (Å²) in [7, 11) is 1.80. The fourth-order valence-electron chi connectivity index (χ4n) is 1.34. The van der Waals surface area contributed by atoms with Gasteiger partial charge in [-0.2, -0.15) is 5.10 Å². The van der Waals surface area contributed by atoms with Crippen LogP contribution in [0.4, 0.5) is 0 Å². The molecule has 0 bridgehead atoms. The van der Waals surface area contributed by atoms with Crippen molar-refractivity contribution in [2.75, 3.05) is 7.05 Å². The summed E-state index contributed by atoms with van der Waals surface area (Å²) in [5, 5.41) is 6.47. The summed E-state index contributed by atoms with van der Waals surface area (Å²) in [6.45, 7) is 0.519. The first-order chi connectivity index (χ1) is 6.75. The van der Waals surface area contributed by atoms with Gasteiger partial charge in [0.2, 0.25) is 5.91 Å². The van der Waals surface area contributed by atoms with Crippen LogP contribution in [0, 0.1) is 5.92 Å². The highest BCUT2D eigenvalue weighted by Crippen LogP contribution is 2.32. The van der Waals surface area contributed by atoms with Gasteiger partial charge in [0.15, 0.2) is 0 Å². The molecule has 0 radical (unpaired) electrons. The third-order valence-electron chi connectivity index (χ3n) is 2.44. The molecule has 5 nitrogen and oxygen atoms in total. The molecule has 2 rings (SSSR count). The molecule has 0 aromatic carbocycles. The minimum absolute atomic E-state index is 0.198. The van der Waals surface area contributed by atoms with Crippen molar-refractivity contribution in [3.8, 4) is 0 Å². The number of H-pyrrole nitrogens is 1. The van der Waals surface area contributed by atoms with E-state index in [0.717, 1.165) is 5.82 Å². The molecule has 1 heterocycles. The van der Waals surface area contributed by atoms with Crippen molar-refractivity contribution >= 4 is 5.91 Å². The molecular weight excluding hydrogens is 180 g/mol. The van der Waals surface area contributed by atoms with Gasteiger partial charge in [-0.05, 0) is 18.8 Å². The molecule has 1 saturated carbocycles. The van der Waals surface area contributed by atoms with Gasteiger partial charge >= 0.3 is 0 Å². The first-order valence-corrected chi connectivity index (χ1v) is 4.84. The summed E-state index contributed by atoms with van der Waals surface area (Å²) >= 11 is 0. The lowest BCUT2D eigenvalue weighted by Crippen LogP contribution is -2.26. The average Bonchev–Trinajstić information content (AvgIpc) is 2.81. The normalized spacial score (nSPS) is 15.5. The van der Waals surface area contributed by atoms with E-state index in [9.17, 15) is 4.79 Å². The lowest BCUT2D eigenvalue weighted by Gasteiger charge is -2.14. The predicted octanol–water partition coefficient (Wildman–Crippen LogP) is 0.563. The summed E-state index contributed by atoms with van der Waals surface area (Å²) in [4.78, 5) is 17.2. The second-order valence-corrected chi connectivity index (χ2v) is 3.83. The second-order valence-electron chi connectivity index (χ2n) is 3.83. The van der Waals surface area contributed by atoms with Crippen LogP contribution >= 0.6 is 0 Å². The van der Waals surface area contributed by atoms with Gasteiger partial charge < -0.3 is 4.90 Å². The first-order valence-electron chi connectivity index (χ1n) is 4.84. The number of aromatic amines is 1. The van der Waals surface area contributed by atoms with Gasteiger partial charge in [-0.3, -0.25) is 9.89 Å². The van der Waals surface area contributed by atoms with Crippen molar-refractivity contribution in [1.29, 1.82) is 0 Å². The standard InChI is InChI=1S/C9H14N4O/c1-13(5-8-10-6-11-12-8)9(14)4-7-2-3-7/h6-7H,2-5H2,1H3,(H,10,11,12). The highest BCUT2D eigenvalue weighted by Gasteiger charge is 2.25. The SMILES string of the molecule is CN(Cc1ncn[nH]1)C(=O)CC1CC1. The molecule has 1 aliphatic rings. The number of nitrogens with one attached hydrogen (secondary N) is 1. The number of carbonyl (C=O) groups excluding carboxylic acids is 1. The molecular formula is C9H14N4O. The molecule has 0 spiro atoms. The van der Waals surface area contributed by atoms with Crippen molar-refractivity contribution in [2.45, 2.75) is 25.8 Å². The van der Waals surface area contributed by atoms with Gasteiger partial charge in [0.25, 0.3) is 0 Å². The summed E-state index contributed by atoms with van der Waals surface area (Å²) in [5.74, 6) is 1.57. The van der Waals surface area contributed by atoms with E-state index in [1.807, 2.05) is 0 Å². The molecule has 5 heteroatoms. The zero-order valence-electron chi connectivity index (χ0n) is 8.23. The largest absolute Gasteiger partial charge is 0.338 e. The maximum Gasteiger partial charge on any atom is 0.222 e. The van der Waals surface area contributed by atoms with Gasteiger partial charge in [-0.25, -0.2) is 4.98 Å². The number of nitrogens with zero attached hydrogens (tertiary/aromatic N) is 3. The molecule has 0 atom stereocenters. The molecule has 0 unspecified atom stereocenters. The quantitative estimate of drug-likeness (QED) is 0.762. The topological polar surface area (TPSA) is 61.9 Å². The van der Waals surface area contributed by atoms with Crippen LogP contribution in [0.25, 0.3) is 0 Å². The number of carbonyl (C=O) groups is 1. The smallest absolute Gasteiger partial charge is 0.222 e. The molecule has 0 aliphatic heterocycles. The highest BCUT2D eigenvalue weighted by molar-refractivity contribution is 5.76. The third-order valence-corrected chi connectivity index (χ3v) is 2.44. The van der Waals surface area contributed by atoms with E-state index in [1.54, 1.807) is 11.9 Å². The Kier molecular flexibility index (Phi) is 2.47. The van der Waals surface area contributed by atoms with E-state index in [-0.39, 0.29) is 5.91 Å². The van der Waals surface area contributed by atoms with E-state index in [4.69, 9.17) is 0 Å². The van der Waals surface area contributed by atoms with E-state index >= 15 is 0 Å². The van der Waals surface area contributed by atoms with Crippen molar-refractivity contribution < 1.29 is 4.79 Å². The number of rotatable bonds is 4. The Balaban J connectivity index is 1.81. The van der Waals surface area contributed by atoms with Gasteiger partial charge in [0.05, 0.1) is 6.54 Å². The number of hydrogen-bond donors (Lipinski definition) is 1.